The van der Waals surface area contributed by atoms with Gasteiger partial charge in [0.25, 0.3) is 5.91 Å². The van der Waals surface area contributed by atoms with Crippen molar-refractivity contribution in [2.75, 3.05) is 20.7 Å². The fraction of sp³-hybridized carbons (Fsp3) is 0.440. The number of aliphatic hydroxyl groups is 1. The van der Waals surface area contributed by atoms with E-state index in [2.05, 4.69) is 5.32 Å². The number of halogens is 1. The second-order valence-electron chi connectivity index (χ2n) is 8.53. The first kappa shape index (κ1) is 23.7. The van der Waals surface area contributed by atoms with Crippen LogP contribution in [0.15, 0.2) is 48.5 Å². The van der Waals surface area contributed by atoms with E-state index in [4.69, 9.17) is 4.74 Å². The Balaban J connectivity index is 1.86. The maximum Gasteiger partial charge on any atom is 0.257 e. The van der Waals surface area contributed by atoms with Gasteiger partial charge in [0.05, 0.1) is 24.8 Å². The molecule has 3 atom stereocenters. The Labute approximate surface area is 188 Å². The van der Waals surface area contributed by atoms with Crippen molar-refractivity contribution in [2.24, 2.45) is 0 Å². The zero-order valence-corrected chi connectivity index (χ0v) is 18.8. The van der Waals surface area contributed by atoms with Gasteiger partial charge in [-0.2, -0.15) is 0 Å². The molecule has 2 aromatic rings. The van der Waals surface area contributed by atoms with Gasteiger partial charge in [-0.1, -0.05) is 30.3 Å². The summed E-state index contributed by atoms with van der Waals surface area (Å²) >= 11 is 0. The number of aliphatic hydroxyl groups excluding tert-OH is 1. The van der Waals surface area contributed by atoms with Crippen LogP contribution in [0, 0.1) is 5.82 Å². The lowest BCUT2D eigenvalue weighted by molar-refractivity contribution is -0.119. The molecule has 1 fully saturated rings. The first-order chi connectivity index (χ1) is 15.3. The fourth-order valence-corrected chi connectivity index (χ4v) is 4.65. The topological polar surface area (TPSA) is 78.9 Å². The normalized spacial score (nSPS) is 23.2. The third-order valence-electron chi connectivity index (χ3n) is 6.55. The average molecular weight is 443 g/mol. The van der Waals surface area contributed by atoms with Crippen molar-refractivity contribution < 1.29 is 23.8 Å². The van der Waals surface area contributed by atoms with Gasteiger partial charge in [-0.05, 0) is 49.4 Å². The smallest absolute Gasteiger partial charge is 0.257 e. The highest BCUT2D eigenvalue weighted by atomic mass is 19.1. The molecule has 2 amide bonds. The first-order valence-corrected chi connectivity index (χ1v) is 10.9. The number of benzene rings is 2. The molecular formula is C25H31FN2O4. The van der Waals surface area contributed by atoms with E-state index >= 15 is 0 Å². The standard InChI is InChI=1S/C25H31FN2O4/c1-17(29)27-16-25(18-7-5-4-6-8-18)13-11-21(22(30)12-14-25)28(2)24(31)20-15-19(26)9-10-23(20)32-3/h4-10,15,21-22,30H,11-14,16H2,1-3H3,(H,27,29)/t21-,22-,25+/m0/s1. The molecule has 2 N–H and O–H groups in total. The maximum absolute atomic E-state index is 13.8. The number of likely N-dealkylation sites (N-methyl/N-ethyl adjacent to an activating group) is 1. The quantitative estimate of drug-likeness (QED) is 0.673. The van der Waals surface area contributed by atoms with Crippen LogP contribution < -0.4 is 10.1 Å². The molecule has 172 valence electrons. The molecule has 0 bridgehead atoms. The molecule has 0 unspecified atom stereocenters. The van der Waals surface area contributed by atoms with E-state index in [9.17, 15) is 19.1 Å². The highest BCUT2D eigenvalue weighted by molar-refractivity contribution is 5.97. The molecule has 1 saturated carbocycles. The van der Waals surface area contributed by atoms with E-state index in [-0.39, 0.29) is 22.6 Å². The number of hydrogen-bond donors (Lipinski definition) is 2. The van der Waals surface area contributed by atoms with Crippen LogP contribution >= 0.6 is 0 Å². The summed E-state index contributed by atoms with van der Waals surface area (Å²) in [6, 6.07) is 13.3. The minimum atomic E-state index is -0.744. The Bertz CT molecular complexity index is 952. The van der Waals surface area contributed by atoms with E-state index in [0.717, 1.165) is 11.6 Å². The van der Waals surface area contributed by atoms with Gasteiger partial charge in [-0.25, -0.2) is 4.39 Å². The lowest BCUT2D eigenvalue weighted by atomic mass is 9.74. The van der Waals surface area contributed by atoms with Crippen molar-refractivity contribution in [3.63, 3.8) is 0 Å². The number of nitrogens with zero attached hydrogens (tertiary/aromatic N) is 1. The SMILES string of the molecule is COc1ccc(F)cc1C(=O)N(C)[C@H]1CC[C@@](CNC(C)=O)(c2ccccc2)CC[C@@H]1O. The molecule has 0 aromatic heterocycles. The summed E-state index contributed by atoms with van der Waals surface area (Å²) in [4.78, 5) is 26.3. The Morgan fingerprint density at radius 1 is 1.19 bits per heavy atom. The molecule has 0 spiro atoms. The lowest BCUT2D eigenvalue weighted by Gasteiger charge is -2.34. The van der Waals surface area contributed by atoms with Gasteiger partial charge in [-0.3, -0.25) is 9.59 Å². The molecule has 1 aliphatic rings. The lowest BCUT2D eigenvalue weighted by Crippen LogP contribution is -2.44. The van der Waals surface area contributed by atoms with Crippen LogP contribution in [0.25, 0.3) is 0 Å². The predicted molar refractivity (Wildman–Crippen MR) is 120 cm³/mol. The van der Waals surface area contributed by atoms with E-state index in [1.807, 2.05) is 30.3 Å². The van der Waals surface area contributed by atoms with Gasteiger partial charge < -0.3 is 20.1 Å². The Morgan fingerprint density at radius 2 is 1.88 bits per heavy atom. The molecule has 32 heavy (non-hydrogen) atoms. The molecular weight excluding hydrogens is 411 g/mol. The Morgan fingerprint density at radius 3 is 2.53 bits per heavy atom. The summed E-state index contributed by atoms with van der Waals surface area (Å²) in [5.74, 6) is -0.746. The van der Waals surface area contributed by atoms with Crippen LogP contribution in [0.1, 0.15) is 48.5 Å². The van der Waals surface area contributed by atoms with E-state index in [1.165, 1.54) is 31.1 Å². The number of rotatable bonds is 6. The highest BCUT2D eigenvalue weighted by Gasteiger charge is 2.40. The summed E-state index contributed by atoms with van der Waals surface area (Å²) in [5, 5.41) is 13.9. The summed E-state index contributed by atoms with van der Waals surface area (Å²) in [6.07, 6.45) is 1.61. The number of methoxy groups -OCH3 is 1. The summed E-state index contributed by atoms with van der Waals surface area (Å²) in [5.41, 5.74) is 0.879. The summed E-state index contributed by atoms with van der Waals surface area (Å²) in [7, 11) is 3.06. The molecule has 2 aromatic carbocycles. The Hall–Kier alpha value is -2.93. The van der Waals surface area contributed by atoms with Crippen molar-refractivity contribution in [3.05, 3.63) is 65.5 Å². The van der Waals surface area contributed by atoms with Crippen LogP contribution in [-0.2, 0) is 10.2 Å². The van der Waals surface area contributed by atoms with Crippen LogP contribution in [0.2, 0.25) is 0 Å². The third-order valence-corrected chi connectivity index (χ3v) is 6.55. The second-order valence-corrected chi connectivity index (χ2v) is 8.53. The molecule has 6 nitrogen and oxygen atoms in total. The van der Waals surface area contributed by atoms with Crippen molar-refractivity contribution in [1.29, 1.82) is 0 Å². The van der Waals surface area contributed by atoms with Crippen LogP contribution in [0.5, 0.6) is 5.75 Å². The molecule has 7 heteroatoms. The maximum atomic E-state index is 13.8. The fourth-order valence-electron chi connectivity index (χ4n) is 4.65. The first-order valence-electron chi connectivity index (χ1n) is 10.9. The molecule has 0 radical (unpaired) electrons. The zero-order valence-electron chi connectivity index (χ0n) is 18.8. The number of carbonyl (C=O) groups is 2. The van der Waals surface area contributed by atoms with Crippen molar-refractivity contribution in [2.45, 2.75) is 50.2 Å². The highest BCUT2D eigenvalue weighted by Crippen LogP contribution is 2.39. The van der Waals surface area contributed by atoms with Crippen molar-refractivity contribution >= 4 is 11.8 Å². The molecule has 3 rings (SSSR count). The van der Waals surface area contributed by atoms with E-state index in [1.54, 1.807) is 7.05 Å². The number of hydrogen-bond acceptors (Lipinski definition) is 4. The monoisotopic (exact) mass is 442 g/mol. The van der Waals surface area contributed by atoms with Crippen LogP contribution in [0.3, 0.4) is 0 Å². The zero-order chi connectivity index (χ0) is 23.3. The van der Waals surface area contributed by atoms with Crippen LogP contribution in [-0.4, -0.2) is 54.7 Å². The number of carbonyl (C=O) groups excluding carboxylic acids is 2. The summed E-state index contributed by atoms with van der Waals surface area (Å²) < 4.78 is 19.1. The van der Waals surface area contributed by atoms with Gasteiger partial charge >= 0.3 is 0 Å². The Kier molecular flexibility index (Phi) is 7.51. The second kappa shape index (κ2) is 10.1. The van der Waals surface area contributed by atoms with Gasteiger partial charge in [0.1, 0.15) is 11.6 Å². The largest absolute Gasteiger partial charge is 0.496 e. The van der Waals surface area contributed by atoms with E-state index < -0.39 is 23.9 Å². The summed E-state index contributed by atoms with van der Waals surface area (Å²) in [6.45, 7) is 1.95. The molecule has 0 saturated heterocycles. The van der Waals surface area contributed by atoms with Crippen molar-refractivity contribution in [1.82, 2.24) is 10.2 Å². The number of ether oxygens (including phenoxy) is 1. The third kappa shape index (κ3) is 5.10. The minimum Gasteiger partial charge on any atom is -0.496 e. The van der Waals surface area contributed by atoms with Crippen molar-refractivity contribution in [3.8, 4) is 5.75 Å². The molecule has 0 heterocycles. The molecule has 1 aliphatic carbocycles. The predicted octanol–water partition coefficient (Wildman–Crippen LogP) is 3.28. The van der Waals surface area contributed by atoms with Crippen LogP contribution in [0.4, 0.5) is 4.39 Å². The van der Waals surface area contributed by atoms with E-state index in [0.29, 0.717) is 32.2 Å². The van der Waals surface area contributed by atoms with Gasteiger partial charge in [-0.15, -0.1) is 0 Å². The van der Waals surface area contributed by atoms with Gasteiger partial charge in [0.2, 0.25) is 5.91 Å². The minimum absolute atomic E-state index is 0.104. The average Bonchev–Trinajstić information content (AvgIpc) is 2.97. The van der Waals surface area contributed by atoms with Gasteiger partial charge in [0.15, 0.2) is 0 Å². The number of nitrogens with one attached hydrogen (secondary N) is 1. The number of amides is 2. The molecule has 0 aliphatic heterocycles. The van der Waals surface area contributed by atoms with Gasteiger partial charge in [0, 0.05) is 25.9 Å².